The molecule has 0 atom stereocenters. The number of carboxylic acid groups (broad SMARTS) is 6. The Morgan fingerprint density at radius 3 is 1.47 bits per heavy atom. The third-order valence-electron chi connectivity index (χ3n) is 18.9. The molecule has 14 aromatic rings. The van der Waals surface area contributed by atoms with E-state index >= 15 is 0 Å². The maximum Gasteiger partial charge on any atom is 1.00 e. The number of imidazole rings is 1. The van der Waals surface area contributed by atoms with Gasteiger partial charge in [-0.3, -0.25) is 19.6 Å². The van der Waals surface area contributed by atoms with Crippen LogP contribution >= 0.6 is 0 Å². The number of aromatic hydroxyl groups is 5. The number of aromatic nitrogens is 6. The molecule has 11 N–H and O–H groups in total. The van der Waals surface area contributed by atoms with Crippen LogP contribution in [0.1, 0.15) is 130 Å². The van der Waals surface area contributed by atoms with E-state index in [1.54, 1.807) is 126 Å². The number of aliphatic carboxylic acids is 1. The molecule has 1 aliphatic rings. The van der Waals surface area contributed by atoms with Crippen molar-refractivity contribution >= 4 is 102 Å². The Morgan fingerprint density at radius 1 is 0.493 bits per heavy atom. The van der Waals surface area contributed by atoms with Gasteiger partial charge in [0, 0.05) is 77.4 Å². The monoisotopic (exact) mass is 2100 g/mol. The molecule has 0 bridgehead atoms. The molecule has 0 saturated carbocycles. The van der Waals surface area contributed by atoms with Crippen molar-refractivity contribution in [3.63, 3.8) is 0 Å². The second-order valence-electron chi connectivity index (χ2n) is 27.9. The first kappa shape index (κ1) is 117. The Balaban J connectivity index is 0.000000509. The van der Waals surface area contributed by atoms with Gasteiger partial charge in [0.15, 0.2) is 41.4 Å². The predicted molar refractivity (Wildman–Crippen MR) is 457 cm³/mol. The van der Waals surface area contributed by atoms with Crippen LogP contribution in [0, 0.1) is 65.6 Å². The van der Waals surface area contributed by atoms with Crippen LogP contribution in [0.5, 0.6) is 46.0 Å². The minimum atomic E-state index is -4.94. The van der Waals surface area contributed by atoms with Crippen LogP contribution in [0.4, 0.5) is 5.69 Å². The molecule has 0 saturated heterocycles. The molecule has 40 heteroatoms. The average molecular weight is 2110 g/mol. The molecule has 6 heterocycles. The summed E-state index contributed by atoms with van der Waals surface area (Å²) in [5.41, 5.74) is 12.9. The number of fused-ring (bicyclic) bond motifs is 6. The van der Waals surface area contributed by atoms with Gasteiger partial charge in [0.05, 0.1) is 38.8 Å². The summed E-state index contributed by atoms with van der Waals surface area (Å²) >= 11 is 0. The number of benzene rings is 9. The number of halogens is 3. The minimum Gasteiger partial charge on any atom is -1.00 e. The van der Waals surface area contributed by atoms with Gasteiger partial charge in [-0.2, -0.15) is 13.7 Å². The zero-order valence-electron chi connectivity index (χ0n) is 74.9. The SMILES string of the molecule is C=COOn1c(C)[n+](OOC=C)c2ccccc21.CC1=Nc2ccc(C(=O)O)cc2C1.CC[n+]1c(C)c(O)c(C(=O)O)c2ccccc21.CC[n+]1c(C)c([O-])c(C(=O)O)c2ccccc21.Cc1cc[n+](CCC(=O)O)c2ccccc12.Cc1ccc(O)c(C(=O)O)c1.Cc1ccc(O)c(O)c1.Cc1ccc([O-])c([O-])c1.Cc1nc2ccccc2c(C(=O)O)c1O.[I-].[I-].[Na+].[Na+].[O-][Cl+3]([O-])([O-])[O-]. The third-order valence-corrected chi connectivity index (χ3v) is 18.9. The number of rotatable bonds is 16. The number of para-hydroxylation sites is 6. The van der Waals surface area contributed by atoms with Crippen LogP contribution in [-0.4, -0.2) is 107 Å². The van der Waals surface area contributed by atoms with E-state index in [0.717, 1.165) is 67.7 Å². The minimum absolute atomic E-state index is 0. The fourth-order valence-electron chi connectivity index (χ4n) is 12.8. The summed E-state index contributed by atoms with van der Waals surface area (Å²) in [6.45, 7) is 28.7. The molecule has 0 fully saturated rings. The Morgan fingerprint density at radius 2 is 0.970 bits per heavy atom. The van der Waals surface area contributed by atoms with Crippen molar-refractivity contribution in [1.82, 2.24) is 9.71 Å². The molecule has 134 heavy (non-hydrogen) atoms. The maximum atomic E-state index is 12.0. The number of nitrogens with zero attached hydrogens (tertiary/aromatic N) is 7. The van der Waals surface area contributed by atoms with Crippen LogP contribution < -0.4 is 169 Å². The van der Waals surface area contributed by atoms with Crippen molar-refractivity contribution in [2.75, 3.05) is 0 Å². The number of phenols is 3. The first-order chi connectivity index (χ1) is 61.4. The summed E-state index contributed by atoms with van der Waals surface area (Å²) in [5.74, 6) is -7.56. The van der Waals surface area contributed by atoms with Crippen LogP contribution in [-0.2, 0) is 40.6 Å². The van der Waals surface area contributed by atoms with Gasteiger partial charge in [-0.15, -0.1) is 21.7 Å². The zero-order chi connectivity index (χ0) is 96.7. The van der Waals surface area contributed by atoms with E-state index in [-0.39, 0.29) is 164 Å². The van der Waals surface area contributed by atoms with Gasteiger partial charge in [-0.05, 0) is 157 Å². The van der Waals surface area contributed by atoms with Gasteiger partial charge in [0.25, 0.3) is 0 Å². The summed E-state index contributed by atoms with van der Waals surface area (Å²) < 4.78 is 42.6. The molecule has 0 unspecified atom stereocenters. The van der Waals surface area contributed by atoms with E-state index < -0.39 is 63.3 Å². The van der Waals surface area contributed by atoms with Crippen molar-refractivity contribution in [3.8, 4) is 46.0 Å². The molecular weight excluding hydrogens is 2010 g/mol. The molecule has 1 aliphatic heterocycles. The normalized spacial score (nSPS) is 10.3. The Kier molecular flexibility index (Phi) is 48.7. The zero-order valence-corrected chi connectivity index (χ0v) is 83.9. The molecule has 0 amide bonds. The molecule has 35 nitrogen and oxygen atoms in total. The molecule has 15 rings (SSSR count). The summed E-state index contributed by atoms with van der Waals surface area (Å²) in [6.07, 6.45) is 5.23. The molecule has 0 spiro atoms. The number of aliphatic imine (C=N–C) groups is 1. The number of phenolic OH excluding ortho intramolecular Hbond substituents is 2. The number of aryl methyl sites for hydroxylation is 8. The molecule has 0 aliphatic carbocycles. The van der Waals surface area contributed by atoms with Crippen LogP contribution in [0.25, 0.3) is 54.6 Å². The number of carboxylic acids is 6. The van der Waals surface area contributed by atoms with Crippen molar-refractivity contribution in [2.24, 2.45) is 4.99 Å². The molecule has 696 valence electrons. The first-order valence-corrected chi connectivity index (χ1v) is 40.2. The Hall–Kier alpha value is -12.8. The van der Waals surface area contributed by atoms with Crippen LogP contribution in [0.2, 0.25) is 0 Å². The molecule has 9 aromatic carbocycles. The Bertz CT molecular complexity index is 6330. The number of pyridine rings is 4. The second-order valence-corrected chi connectivity index (χ2v) is 28.7. The maximum absolute atomic E-state index is 12.0. The number of carbonyl (C=O) groups is 6. The van der Waals surface area contributed by atoms with Crippen LogP contribution in [0.3, 0.4) is 0 Å². The molecule has 5 aromatic heterocycles. The van der Waals surface area contributed by atoms with Crippen molar-refractivity contribution < 1.29 is 274 Å². The average Bonchev–Trinajstić information content (AvgIpc) is 1.73. The fourth-order valence-corrected chi connectivity index (χ4v) is 12.8. The number of hydrogen-bond acceptors (Lipinski definition) is 24. The molecular formula is C94H94ClI2N7Na2O28. The van der Waals surface area contributed by atoms with Gasteiger partial charge in [-0.1, -0.05) is 131 Å². The predicted octanol–water partition coefficient (Wildman–Crippen LogP) is -3.57. The van der Waals surface area contributed by atoms with Gasteiger partial charge in [-0.25, -0.2) is 47.6 Å². The van der Waals surface area contributed by atoms with Gasteiger partial charge >= 0.3 is 101 Å². The van der Waals surface area contributed by atoms with Crippen LogP contribution in [0.15, 0.2) is 237 Å². The van der Waals surface area contributed by atoms with Gasteiger partial charge < -0.3 is 119 Å². The topological polar surface area (TPSA) is 569 Å². The van der Waals surface area contributed by atoms with E-state index in [1.807, 2.05) is 120 Å². The van der Waals surface area contributed by atoms with Gasteiger partial charge in [0.2, 0.25) is 33.3 Å². The van der Waals surface area contributed by atoms with Crippen molar-refractivity contribution in [1.29, 1.82) is 0 Å². The third kappa shape index (κ3) is 33.2. The smallest absolute Gasteiger partial charge is 1.00 e. The Labute approximate surface area is 848 Å². The van der Waals surface area contributed by atoms with E-state index in [1.165, 1.54) is 69.3 Å². The summed E-state index contributed by atoms with van der Waals surface area (Å²) in [6, 6.07) is 57.1. The van der Waals surface area contributed by atoms with E-state index in [2.05, 4.69) is 36.1 Å². The largest absolute Gasteiger partial charge is 1.00 e. The first-order valence-electron chi connectivity index (χ1n) is 38.9. The van der Waals surface area contributed by atoms with Crippen molar-refractivity contribution in [3.05, 3.63) is 311 Å². The van der Waals surface area contributed by atoms with E-state index in [0.29, 0.717) is 69.8 Å². The summed E-state index contributed by atoms with van der Waals surface area (Å²) in [4.78, 5) is 93.0. The summed E-state index contributed by atoms with van der Waals surface area (Å²) in [5, 5.41) is 135. The number of hydrogen-bond donors (Lipinski definition) is 11. The second kappa shape index (κ2) is 55.7. The molecule has 0 radical (unpaired) electrons. The fraction of sp³-hybridized carbons (Fsp3) is 0.170. The standard InChI is InChI=1S/2C13H13NO3.C13H13NO2.C12H13N2O4.C11H9NO3.C10H9NO2.C8H8O3.2C7H8O2.ClHO4.2HI.2Na/c2*1-3-14-8(2)12(15)11(13(16)17)9-6-4-5-7-10(9)14;1-10-6-8-14(9-7-13(15)16)12-5-3-2-4-11(10)12;1-4-15-17-13-10(3)14(18-16-5-2)12-9-7-6-8-11(12)13;1-6-10(13)9(11(14)15)7-4-2-3-5-8(7)12-6;1-6-4-8-5-7(10(12)13)2-3-9(8)11-6;1-5-2-3-7(9)6(4-5)8(10)11;2*1-5-2-3-6(8)7(9)4-5;2-1(3,4)5;;;;/h2*4-7H,3H2,1-2H3,(H-,15,16,17);2-6,8H,7,9H2,1H3;4-9H,1-2H2,3H3;2-5,13H,1H3,(H,14,15);2-3,5H,4H2,1H3,(H,12,13);2-4,9H,1H3,(H,10,11);2*2-4,8-9H,1H3;(H,2,3,4,5);2*1H;;/q;;;+1;;;;;;;;;2*+1/p-3. The van der Waals surface area contributed by atoms with E-state index in [4.69, 9.17) is 79.2 Å². The summed E-state index contributed by atoms with van der Waals surface area (Å²) in [7, 11) is -4.94. The van der Waals surface area contributed by atoms with Crippen molar-refractivity contribution in [2.45, 2.75) is 109 Å². The van der Waals surface area contributed by atoms with Gasteiger partial charge in [0.1, 0.15) is 54.5 Å². The van der Waals surface area contributed by atoms with E-state index in [9.17, 15) is 59.4 Å². The quantitative estimate of drug-likeness (QED) is 0.00848. The number of aromatic carboxylic acids is 5.